The molecule has 7 heteroatoms. The Bertz CT molecular complexity index is 888. The van der Waals surface area contributed by atoms with Crippen LogP contribution in [-0.2, 0) is 11.3 Å². The van der Waals surface area contributed by atoms with E-state index in [-0.39, 0.29) is 17.9 Å². The highest BCUT2D eigenvalue weighted by molar-refractivity contribution is 5.74. The number of aryl methyl sites for hydroxylation is 2. The summed E-state index contributed by atoms with van der Waals surface area (Å²) in [5, 5.41) is 14.8. The van der Waals surface area contributed by atoms with E-state index >= 15 is 0 Å². The lowest BCUT2D eigenvalue weighted by molar-refractivity contribution is 0.178. The van der Waals surface area contributed by atoms with Crippen molar-refractivity contribution in [1.29, 1.82) is 0 Å². The van der Waals surface area contributed by atoms with Crippen LogP contribution in [-0.4, -0.2) is 32.0 Å². The Morgan fingerprint density at radius 1 is 1.36 bits per heavy atom. The molecule has 2 heterocycles. The second-order valence-corrected chi connectivity index (χ2v) is 5.21. The molecule has 0 fully saturated rings. The highest BCUT2D eigenvalue weighted by atomic mass is 16.5. The van der Waals surface area contributed by atoms with E-state index in [1.807, 2.05) is 19.9 Å². The number of phenols is 1. The zero-order chi connectivity index (χ0) is 15.9. The summed E-state index contributed by atoms with van der Waals surface area (Å²) in [5.41, 5.74) is 2.38. The summed E-state index contributed by atoms with van der Waals surface area (Å²) >= 11 is 0. The van der Waals surface area contributed by atoms with E-state index in [0.717, 1.165) is 11.1 Å². The molecule has 3 rings (SSSR count). The van der Waals surface area contributed by atoms with Gasteiger partial charge in [-0.1, -0.05) is 6.07 Å². The SMILES string of the molecule is COCc1nc2nn(-c3c(C)cc(C)cc3O)cc2c(=O)[nH]1. The molecule has 0 aliphatic carbocycles. The molecule has 2 aromatic heterocycles. The Hall–Kier alpha value is -2.67. The number of rotatable bonds is 3. The molecule has 0 unspecified atom stereocenters. The minimum Gasteiger partial charge on any atom is -0.506 e. The Balaban J connectivity index is 2.21. The van der Waals surface area contributed by atoms with Crippen molar-refractivity contribution in [2.24, 2.45) is 0 Å². The Morgan fingerprint density at radius 2 is 2.14 bits per heavy atom. The number of phenolic OH excluding ortho intramolecular Hbond substituents is 1. The Kier molecular flexibility index (Phi) is 3.42. The lowest BCUT2D eigenvalue weighted by Gasteiger charge is -2.09. The van der Waals surface area contributed by atoms with E-state index < -0.39 is 0 Å². The first-order chi connectivity index (χ1) is 10.5. The maximum atomic E-state index is 12.1. The molecule has 0 atom stereocenters. The van der Waals surface area contributed by atoms with E-state index in [4.69, 9.17) is 4.74 Å². The predicted molar refractivity (Wildman–Crippen MR) is 81.3 cm³/mol. The van der Waals surface area contributed by atoms with E-state index in [0.29, 0.717) is 22.5 Å². The summed E-state index contributed by atoms with van der Waals surface area (Å²) < 4.78 is 6.45. The van der Waals surface area contributed by atoms with E-state index in [2.05, 4.69) is 15.1 Å². The Morgan fingerprint density at radius 3 is 2.82 bits per heavy atom. The van der Waals surface area contributed by atoms with Crippen molar-refractivity contribution in [1.82, 2.24) is 19.7 Å². The largest absolute Gasteiger partial charge is 0.506 e. The Labute approximate surface area is 126 Å². The summed E-state index contributed by atoms with van der Waals surface area (Å²) in [6.45, 7) is 3.98. The number of ether oxygens (including phenoxy) is 1. The number of nitrogens with zero attached hydrogens (tertiary/aromatic N) is 3. The number of fused-ring (bicyclic) bond motifs is 1. The van der Waals surface area contributed by atoms with Gasteiger partial charge in [0.05, 0.1) is 0 Å². The van der Waals surface area contributed by atoms with Crippen molar-refractivity contribution < 1.29 is 9.84 Å². The summed E-state index contributed by atoms with van der Waals surface area (Å²) in [7, 11) is 1.52. The molecule has 0 aliphatic rings. The summed E-state index contributed by atoms with van der Waals surface area (Å²) in [5.74, 6) is 0.522. The van der Waals surface area contributed by atoms with Crippen molar-refractivity contribution in [2.45, 2.75) is 20.5 Å². The van der Waals surface area contributed by atoms with Crippen LogP contribution in [0.15, 0.2) is 23.1 Å². The number of nitrogens with one attached hydrogen (secondary N) is 1. The van der Waals surface area contributed by atoms with Crippen LogP contribution in [0.4, 0.5) is 0 Å². The maximum absolute atomic E-state index is 12.1. The average molecular weight is 300 g/mol. The third-order valence-electron chi connectivity index (χ3n) is 3.37. The quantitative estimate of drug-likeness (QED) is 0.766. The molecule has 0 spiro atoms. The van der Waals surface area contributed by atoms with Crippen molar-refractivity contribution in [3.8, 4) is 11.4 Å². The van der Waals surface area contributed by atoms with Gasteiger partial charge in [0, 0.05) is 13.3 Å². The standard InChI is InChI=1S/C15H16N4O3/c1-8-4-9(2)13(11(20)5-8)19-6-10-14(18-19)16-12(7-22-3)17-15(10)21/h4-6,20H,7H2,1-3H3,(H,16,17,18,21). The first-order valence-electron chi connectivity index (χ1n) is 6.77. The van der Waals surface area contributed by atoms with E-state index in [1.165, 1.54) is 11.8 Å². The van der Waals surface area contributed by atoms with E-state index in [1.54, 1.807) is 12.3 Å². The highest BCUT2D eigenvalue weighted by Crippen LogP contribution is 2.27. The number of aromatic nitrogens is 4. The molecular weight excluding hydrogens is 284 g/mol. The third kappa shape index (κ3) is 2.35. The van der Waals surface area contributed by atoms with Crippen LogP contribution in [0.1, 0.15) is 17.0 Å². The van der Waals surface area contributed by atoms with Gasteiger partial charge in [0.1, 0.15) is 29.3 Å². The third-order valence-corrected chi connectivity index (χ3v) is 3.37. The van der Waals surface area contributed by atoms with Crippen molar-refractivity contribution in [3.05, 3.63) is 45.6 Å². The summed E-state index contributed by atoms with van der Waals surface area (Å²) in [4.78, 5) is 19.0. The predicted octanol–water partition coefficient (Wildman–Crippen LogP) is 1.58. The molecule has 7 nitrogen and oxygen atoms in total. The maximum Gasteiger partial charge on any atom is 0.262 e. The van der Waals surface area contributed by atoms with Gasteiger partial charge in [0.15, 0.2) is 5.65 Å². The minimum atomic E-state index is -0.285. The van der Waals surface area contributed by atoms with Gasteiger partial charge in [-0.2, -0.15) is 0 Å². The lowest BCUT2D eigenvalue weighted by atomic mass is 10.1. The smallest absolute Gasteiger partial charge is 0.262 e. The van der Waals surface area contributed by atoms with Gasteiger partial charge in [0.2, 0.25) is 0 Å². The molecule has 1 aromatic carbocycles. The lowest BCUT2D eigenvalue weighted by Crippen LogP contribution is -2.11. The molecule has 0 aliphatic heterocycles. The van der Waals surface area contributed by atoms with E-state index in [9.17, 15) is 9.90 Å². The monoisotopic (exact) mass is 300 g/mol. The van der Waals surface area contributed by atoms with Gasteiger partial charge in [-0.25, -0.2) is 9.67 Å². The molecule has 22 heavy (non-hydrogen) atoms. The van der Waals surface area contributed by atoms with Crippen molar-refractivity contribution >= 4 is 11.0 Å². The van der Waals surface area contributed by atoms with Crippen molar-refractivity contribution in [2.75, 3.05) is 7.11 Å². The molecule has 3 aromatic rings. The zero-order valence-electron chi connectivity index (χ0n) is 12.5. The fourth-order valence-corrected chi connectivity index (χ4v) is 2.52. The number of hydrogen-bond donors (Lipinski definition) is 2. The van der Waals surface area contributed by atoms with Crippen LogP contribution in [0.2, 0.25) is 0 Å². The number of aromatic amines is 1. The number of H-pyrrole nitrogens is 1. The number of benzene rings is 1. The molecule has 0 saturated carbocycles. The normalized spacial score (nSPS) is 11.2. The second-order valence-electron chi connectivity index (χ2n) is 5.21. The summed E-state index contributed by atoms with van der Waals surface area (Å²) in [6.07, 6.45) is 1.56. The fraction of sp³-hybridized carbons (Fsp3) is 0.267. The van der Waals surface area contributed by atoms with Gasteiger partial charge in [-0.3, -0.25) is 4.79 Å². The molecule has 2 N–H and O–H groups in total. The summed E-state index contributed by atoms with van der Waals surface area (Å²) in [6, 6.07) is 3.60. The van der Waals surface area contributed by atoms with Gasteiger partial charge in [0.25, 0.3) is 5.56 Å². The van der Waals surface area contributed by atoms with Crippen LogP contribution in [0.25, 0.3) is 16.7 Å². The number of aromatic hydroxyl groups is 1. The van der Waals surface area contributed by atoms with Gasteiger partial charge in [-0.15, -0.1) is 5.10 Å². The topological polar surface area (TPSA) is 93.0 Å². The van der Waals surface area contributed by atoms with Gasteiger partial charge in [-0.05, 0) is 31.0 Å². The molecule has 114 valence electrons. The minimum absolute atomic E-state index is 0.110. The average Bonchev–Trinajstić information content (AvgIpc) is 2.82. The first-order valence-corrected chi connectivity index (χ1v) is 6.77. The number of methoxy groups -OCH3 is 1. The highest BCUT2D eigenvalue weighted by Gasteiger charge is 2.14. The molecule has 0 saturated heterocycles. The molecule has 0 amide bonds. The van der Waals surface area contributed by atoms with Crippen molar-refractivity contribution in [3.63, 3.8) is 0 Å². The zero-order valence-corrected chi connectivity index (χ0v) is 12.5. The molecular formula is C15H16N4O3. The molecule has 0 radical (unpaired) electrons. The number of hydrogen-bond acceptors (Lipinski definition) is 5. The second kappa shape index (κ2) is 5.27. The van der Waals surface area contributed by atoms with Gasteiger partial charge < -0.3 is 14.8 Å². The first kappa shape index (κ1) is 14.3. The van der Waals surface area contributed by atoms with Crippen LogP contribution in [0, 0.1) is 13.8 Å². The van der Waals surface area contributed by atoms with Crippen LogP contribution in [0.5, 0.6) is 5.75 Å². The van der Waals surface area contributed by atoms with Crippen LogP contribution in [0.3, 0.4) is 0 Å². The molecule has 0 bridgehead atoms. The van der Waals surface area contributed by atoms with Crippen LogP contribution >= 0.6 is 0 Å². The fourth-order valence-electron chi connectivity index (χ4n) is 2.52. The van der Waals surface area contributed by atoms with Crippen LogP contribution < -0.4 is 5.56 Å². The van der Waals surface area contributed by atoms with Gasteiger partial charge >= 0.3 is 0 Å².